The van der Waals surface area contributed by atoms with Crippen molar-refractivity contribution in [3.8, 4) is 0 Å². The number of hydrogen-bond acceptors (Lipinski definition) is 4. The van der Waals surface area contributed by atoms with E-state index >= 15 is 0 Å². The van der Waals surface area contributed by atoms with E-state index in [9.17, 15) is 4.79 Å². The van der Waals surface area contributed by atoms with Crippen LogP contribution < -0.4 is 5.32 Å². The van der Waals surface area contributed by atoms with E-state index in [4.69, 9.17) is 27.9 Å². The molecular formula is C11H10Cl2N2O2. The molecule has 1 atom stereocenters. The summed E-state index contributed by atoms with van der Waals surface area (Å²) in [6.07, 6.45) is 4.90. The predicted octanol–water partition coefficient (Wildman–Crippen LogP) is 2.92. The van der Waals surface area contributed by atoms with Crippen LogP contribution in [0.2, 0.25) is 5.02 Å². The molecule has 1 aromatic heterocycles. The van der Waals surface area contributed by atoms with Crippen LogP contribution in [0.25, 0.3) is 6.08 Å². The Bertz CT molecular complexity index is 489. The fourth-order valence-corrected chi connectivity index (χ4v) is 1.94. The second kappa shape index (κ2) is 4.94. The largest absolute Gasteiger partial charge is 0.462 e. The number of carbonyl (C=O) groups excluding carboxylic acids is 1. The van der Waals surface area contributed by atoms with Gasteiger partial charge in [0.25, 0.3) is 0 Å². The average molecular weight is 273 g/mol. The lowest BCUT2D eigenvalue weighted by atomic mass is 10.1. The van der Waals surface area contributed by atoms with Crippen LogP contribution in [0.1, 0.15) is 23.0 Å². The number of ether oxygens (including phenoxy) is 1. The van der Waals surface area contributed by atoms with Crippen molar-refractivity contribution in [1.29, 1.82) is 0 Å². The summed E-state index contributed by atoms with van der Waals surface area (Å²) in [5.41, 5.74) is 1.08. The van der Waals surface area contributed by atoms with Gasteiger partial charge in [0.05, 0.1) is 28.6 Å². The Morgan fingerprint density at radius 2 is 2.41 bits per heavy atom. The second-order valence-corrected chi connectivity index (χ2v) is 4.22. The fourth-order valence-electron chi connectivity index (χ4n) is 1.48. The molecule has 0 aromatic carbocycles. The van der Waals surface area contributed by atoms with Crippen molar-refractivity contribution in [2.75, 3.05) is 11.9 Å². The molecule has 2 heterocycles. The van der Waals surface area contributed by atoms with Crippen LogP contribution in [-0.4, -0.2) is 23.1 Å². The molecule has 17 heavy (non-hydrogen) atoms. The van der Waals surface area contributed by atoms with Gasteiger partial charge in [0.1, 0.15) is 5.50 Å². The van der Waals surface area contributed by atoms with Crippen LogP contribution in [0.3, 0.4) is 0 Å². The monoisotopic (exact) mass is 272 g/mol. The van der Waals surface area contributed by atoms with Gasteiger partial charge < -0.3 is 10.1 Å². The van der Waals surface area contributed by atoms with Crippen molar-refractivity contribution in [1.82, 2.24) is 4.98 Å². The van der Waals surface area contributed by atoms with E-state index in [2.05, 4.69) is 10.3 Å². The van der Waals surface area contributed by atoms with E-state index in [1.807, 2.05) is 0 Å². The summed E-state index contributed by atoms with van der Waals surface area (Å²) in [6.45, 7) is 2.02. The highest BCUT2D eigenvalue weighted by atomic mass is 35.5. The van der Waals surface area contributed by atoms with Gasteiger partial charge in [-0.2, -0.15) is 0 Å². The van der Waals surface area contributed by atoms with E-state index in [0.29, 0.717) is 11.4 Å². The molecule has 6 heteroatoms. The number of fused-ring (bicyclic) bond motifs is 1. The quantitative estimate of drug-likeness (QED) is 0.511. The first-order chi connectivity index (χ1) is 8.13. The van der Waals surface area contributed by atoms with Crippen molar-refractivity contribution < 1.29 is 9.53 Å². The Labute approximate surface area is 109 Å². The number of alkyl halides is 1. The molecule has 2 rings (SSSR count). The van der Waals surface area contributed by atoms with E-state index in [0.717, 1.165) is 0 Å². The molecule has 0 aliphatic carbocycles. The highest BCUT2D eigenvalue weighted by Crippen LogP contribution is 2.33. The van der Waals surface area contributed by atoms with Gasteiger partial charge in [-0.15, -0.1) is 0 Å². The molecule has 1 unspecified atom stereocenters. The van der Waals surface area contributed by atoms with E-state index < -0.39 is 5.97 Å². The van der Waals surface area contributed by atoms with Gasteiger partial charge in [0, 0.05) is 6.20 Å². The first-order valence-corrected chi connectivity index (χ1v) is 5.89. The summed E-state index contributed by atoms with van der Waals surface area (Å²) in [5, 5.41) is 3.22. The zero-order valence-corrected chi connectivity index (χ0v) is 10.5. The molecule has 0 saturated carbocycles. The Balaban J connectivity index is 2.42. The van der Waals surface area contributed by atoms with Crippen LogP contribution in [0.5, 0.6) is 0 Å². The van der Waals surface area contributed by atoms with Crippen molar-refractivity contribution in [3.05, 3.63) is 28.6 Å². The number of aromatic nitrogens is 1. The molecule has 1 aromatic rings. The molecule has 4 nitrogen and oxygen atoms in total. The van der Waals surface area contributed by atoms with Crippen LogP contribution in [0, 0.1) is 0 Å². The lowest BCUT2D eigenvalue weighted by Gasteiger charge is -2.19. The van der Waals surface area contributed by atoms with E-state index in [-0.39, 0.29) is 22.7 Å². The minimum absolute atomic E-state index is 0.235. The molecule has 0 fully saturated rings. The summed E-state index contributed by atoms with van der Waals surface area (Å²) >= 11 is 12.0. The highest BCUT2D eigenvalue weighted by Gasteiger charge is 2.21. The maximum atomic E-state index is 11.6. The minimum Gasteiger partial charge on any atom is -0.462 e. The SMILES string of the molecule is CCOC(=O)c1cnc2c(c1Cl)NC(Cl)C=C2. The number of pyridine rings is 1. The van der Waals surface area contributed by atoms with Gasteiger partial charge in [-0.1, -0.05) is 23.2 Å². The third kappa shape index (κ3) is 2.37. The number of anilines is 1. The molecular weight excluding hydrogens is 263 g/mol. The number of esters is 1. The van der Waals surface area contributed by atoms with Crippen molar-refractivity contribution in [3.63, 3.8) is 0 Å². The molecule has 0 saturated heterocycles. The van der Waals surface area contributed by atoms with Crippen molar-refractivity contribution >= 4 is 40.9 Å². The molecule has 0 amide bonds. The van der Waals surface area contributed by atoms with Gasteiger partial charge in [-0.05, 0) is 19.1 Å². The van der Waals surface area contributed by atoms with E-state index in [1.54, 1.807) is 19.1 Å². The summed E-state index contributed by atoms with van der Waals surface area (Å²) in [6, 6.07) is 0. The maximum Gasteiger partial charge on any atom is 0.341 e. The Kier molecular flexibility index (Phi) is 3.54. The normalized spacial score (nSPS) is 17.2. The van der Waals surface area contributed by atoms with Crippen LogP contribution in [-0.2, 0) is 4.74 Å². The molecule has 1 N–H and O–H groups in total. The molecule has 90 valence electrons. The van der Waals surface area contributed by atoms with Crippen LogP contribution in [0.4, 0.5) is 5.69 Å². The predicted molar refractivity (Wildman–Crippen MR) is 67.5 cm³/mol. The summed E-state index contributed by atoms with van der Waals surface area (Å²) < 4.78 is 4.88. The second-order valence-electron chi connectivity index (χ2n) is 3.37. The fraction of sp³-hybridized carbons (Fsp3) is 0.273. The van der Waals surface area contributed by atoms with Gasteiger partial charge in [0.15, 0.2) is 0 Å². The van der Waals surface area contributed by atoms with E-state index in [1.165, 1.54) is 6.20 Å². The first kappa shape index (κ1) is 12.2. The number of hydrogen-bond donors (Lipinski definition) is 1. The van der Waals surface area contributed by atoms with Crippen LogP contribution in [0.15, 0.2) is 12.3 Å². The maximum absolute atomic E-state index is 11.6. The average Bonchev–Trinajstić information content (AvgIpc) is 2.30. The lowest BCUT2D eigenvalue weighted by Crippen LogP contribution is -2.16. The summed E-state index contributed by atoms with van der Waals surface area (Å²) in [4.78, 5) is 15.7. The smallest absolute Gasteiger partial charge is 0.341 e. The molecule has 1 aliphatic rings. The molecule has 1 aliphatic heterocycles. The van der Waals surface area contributed by atoms with Crippen LogP contribution >= 0.6 is 23.2 Å². The molecule has 0 bridgehead atoms. The third-order valence-corrected chi connectivity index (χ3v) is 2.89. The number of halogens is 2. The molecule has 0 spiro atoms. The number of rotatable bonds is 2. The third-order valence-electron chi connectivity index (χ3n) is 2.25. The summed E-state index contributed by atoms with van der Waals surface area (Å²) in [5.74, 6) is -0.490. The Hall–Kier alpha value is -1.26. The van der Waals surface area contributed by atoms with Gasteiger partial charge in [-0.3, -0.25) is 4.98 Å². The first-order valence-electron chi connectivity index (χ1n) is 5.08. The molecule has 0 radical (unpaired) electrons. The lowest BCUT2D eigenvalue weighted by molar-refractivity contribution is 0.0526. The topological polar surface area (TPSA) is 51.2 Å². The number of nitrogens with zero attached hydrogens (tertiary/aromatic N) is 1. The van der Waals surface area contributed by atoms with Gasteiger partial charge in [-0.25, -0.2) is 4.79 Å². The number of carbonyl (C=O) groups is 1. The standard InChI is InChI=1S/C11H10Cl2N2O2/c1-2-17-11(16)6-5-14-7-3-4-8(12)15-10(7)9(6)13/h3-5,8,15H,2H2,1H3. The Morgan fingerprint density at radius 3 is 3.12 bits per heavy atom. The zero-order chi connectivity index (χ0) is 12.4. The minimum atomic E-state index is -0.490. The zero-order valence-electron chi connectivity index (χ0n) is 9.04. The number of nitrogens with one attached hydrogen (secondary N) is 1. The Morgan fingerprint density at radius 1 is 1.65 bits per heavy atom. The summed E-state index contributed by atoms with van der Waals surface area (Å²) in [7, 11) is 0. The van der Waals surface area contributed by atoms with Gasteiger partial charge in [0.2, 0.25) is 0 Å². The van der Waals surface area contributed by atoms with Crippen molar-refractivity contribution in [2.45, 2.75) is 12.4 Å². The highest BCUT2D eigenvalue weighted by molar-refractivity contribution is 6.37. The van der Waals surface area contributed by atoms with Gasteiger partial charge >= 0.3 is 5.97 Å². The van der Waals surface area contributed by atoms with Crippen molar-refractivity contribution in [2.24, 2.45) is 0 Å².